The van der Waals surface area contributed by atoms with Crippen LogP contribution in [0.5, 0.6) is 0 Å². The number of halogens is 2. The minimum Gasteiger partial charge on any atom is -0.239 e. The largest absolute Gasteiger partial charge is 0.239 e. The molecule has 0 saturated heterocycles. The lowest BCUT2D eigenvalue weighted by Crippen LogP contribution is -1.88. The van der Waals surface area contributed by atoms with Crippen LogP contribution < -0.4 is 0 Å². The summed E-state index contributed by atoms with van der Waals surface area (Å²) >= 11 is 3.42. The Hall–Kier alpha value is -1.68. The summed E-state index contributed by atoms with van der Waals surface area (Å²) in [5, 5.41) is 4.20. The third kappa shape index (κ3) is 1.85. The Balaban J connectivity index is 2.18. The van der Waals surface area contributed by atoms with Crippen molar-refractivity contribution in [2.75, 3.05) is 0 Å². The van der Waals surface area contributed by atoms with Crippen LogP contribution in [-0.2, 0) is 0 Å². The number of fused-ring (bicyclic) bond motifs is 1. The lowest BCUT2D eigenvalue weighted by Gasteiger charge is -2.02. The van der Waals surface area contributed by atoms with E-state index in [1.165, 1.54) is 12.1 Å². The van der Waals surface area contributed by atoms with E-state index in [1.54, 1.807) is 16.8 Å². The lowest BCUT2D eigenvalue weighted by molar-refractivity contribution is 0.628. The molecule has 1 aromatic carbocycles. The number of rotatable bonds is 1. The molecule has 17 heavy (non-hydrogen) atoms. The van der Waals surface area contributed by atoms with Gasteiger partial charge in [-0.3, -0.25) is 0 Å². The summed E-state index contributed by atoms with van der Waals surface area (Å²) in [5.41, 5.74) is 2.77. The quantitative estimate of drug-likeness (QED) is 0.664. The lowest BCUT2D eigenvalue weighted by atomic mass is 10.1. The van der Waals surface area contributed by atoms with Crippen LogP contribution in [0.25, 0.3) is 16.6 Å². The van der Waals surface area contributed by atoms with Crippen LogP contribution in [0, 0.1) is 5.82 Å². The number of hydrogen-bond acceptors (Lipinski definition) is 1. The Labute approximate surface area is 106 Å². The topological polar surface area (TPSA) is 17.3 Å². The van der Waals surface area contributed by atoms with E-state index in [0.29, 0.717) is 0 Å². The van der Waals surface area contributed by atoms with Crippen LogP contribution >= 0.6 is 15.9 Å². The van der Waals surface area contributed by atoms with Gasteiger partial charge in [0, 0.05) is 11.8 Å². The minimum absolute atomic E-state index is 0.232. The predicted octanol–water partition coefficient (Wildman–Crippen LogP) is 3.90. The standard InChI is InChI=1S/C13H8BrFN2/c14-12-7-16-17-8-10(4-5-13(12)17)9-2-1-3-11(15)6-9/h1-8H. The highest BCUT2D eigenvalue weighted by atomic mass is 79.9. The van der Waals surface area contributed by atoms with Crippen molar-refractivity contribution < 1.29 is 4.39 Å². The first kappa shape index (κ1) is 10.5. The molecule has 0 aliphatic rings. The fraction of sp³-hybridized carbons (Fsp3) is 0. The maximum atomic E-state index is 13.1. The third-order valence-corrected chi connectivity index (χ3v) is 3.24. The Morgan fingerprint density at radius 2 is 2.00 bits per heavy atom. The molecule has 4 heteroatoms. The molecule has 3 rings (SSSR count). The van der Waals surface area contributed by atoms with Crippen LogP contribution in [0.2, 0.25) is 0 Å². The van der Waals surface area contributed by atoms with E-state index in [1.807, 2.05) is 24.4 Å². The van der Waals surface area contributed by atoms with Gasteiger partial charge in [-0.2, -0.15) is 5.10 Å². The molecule has 2 heterocycles. The summed E-state index contributed by atoms with van der Waals surface area (Å²) in [6, 6.07) is 10.4. The molecule has 0 unspecified atom stereocenters. The average molecular weight is 291 g/mol. The molecule has 0 aliphatic carbocycles. The van der Waals surface area contributed by atoms with E-state index < -0.39 is 0 Å². The number of aromatic nitrogens is 2. The van der Waals surface area contributed by atoms with E-state index in [4.69, 9.17) is 0 Å². The molecule has 0 N–H and O–H groups in total. The van der Waals surface area contributed by atoms with Crippen LogP contribution in [0.15, 0.2) is 53.3 Å². The van der Waals surface area contributed by atoms with Crippen LogP contribution in [0.1, 0.15) is 0 Å². The van der Waals surface area contributed by atoms with Gasteiger partial charge in [-0.1, -0.05) is 18.2 Å². The van der Waals surface area contributed by atoms with Crippen molar-refractivity contribution >= 4 is 21.4 Å². The average Bonchev–Trinajstić information content (AvgIpc) is 2.71. The molecule has 84 valence electrons. The van der Waals surface area contributed by atoms with Gasteiger partial charge in [-0.15, -0.1) is 0 Å². The van der Waals surface area contributed by atoms with Gasteiger partial charge < -0.3 is 0 Å². The van der Waals surface area contributed by atoms with Gasteiger partial charge in [0.1, 0.15) is 5.82 Å². The van der Waals surface area contributed by atoms with Gasteiger partial charge in [-0.25, -0.2) is 8.91 Å². The van der Waals surface area contributed by atoms with Crippen molar-refractivity contribution in [3.8, 4) is 11.1 Å². The van der Waals surface area contributed by atoms with Crippen molar-refractivity contribution in [2.24, 2.45) is 0 Å². The first-order valence-corrected chi connectivity index (χ1v) is 5.92. The summed E-state index contributed by atoms with van der Waals surface area (Å²) in [5.74, 6) is -0.232. The molecule has 0 aliphatic heterocycles. The van der Waals surface area contributed by atoms with E-state index in [2.05, 4.69) is 21.0 Å². The minimum atomic E-state index is -0.232. The summed E-state index contributed by atoms with van der Waals surface area (Å²) in [4.78, 5) is 0. The van der Waals surface area contributed by atoms with Gasteiger partial charge in [-0.05, 0) is 39.7 Å². The Bertz CT molecular complexity index is 691. The molecule has 2 nitrogen and oxygen atoms in total. The second kappa shape index (κ2) is 3.96. The number of nitrogens with zero attached hydrogens (tertiary/aromatic N) is 2. The van der Waals surface area contributed by atoms with Crippen LogP contribution in [0.3, 0.4) is 0 Å². The van der Waals surface area contributed by atoms with Gasteiger partial charge in [0.15, 0.2) is 0 Å². The molecule has 3 aromatic rings. The third-order valence-electron chi connectivity index (χ3n) is 2.63. The SMILES string of the molecule is Fc1cccc(-c2ccc3c(Br)cnn3c2)c1. The van der Waals surface area contributed by atoms with E-state index in [0.717, 1.165) is 21.1 Å². The molecule has 2 aromatic heterocycles. The normalized spacial score (nSPS) is 10.9. The van der Waals surface area contributed by atoms with Gasteiger partial charge in [0.05, 0.1) is 16.2 Å². The smallest absolute Gasteiger partial charge is 0.123 e. The zero-order chi connectivity index (χ0) is 11.8. The van der Waals surface area contributed by atoms with Gasteiger partial charge in [0.2, 0.25) is 0 Å². The number of hydrogen-bond donors (Lipinski definition) is 0. The van der Waals surface area contributed by atoms with Crippen LogP contribution in [0.4, 0.5) is 4.39 Å². The maximum absolute atomic E-state index is 13.1. The van der Waals surface area contributed by atoms with Crippen molar-refractivity contribution in [3.05, 3.63) is 59.1 Å². The van der Waals surface area contributed by atoms with Gasteiger partial charge in [0.25, 0.3) is 0 Å². The maximum Gasteiger partial charge on any atom is 0.123 e. The monoisotopic (exact) mass is 290 g/mol. The van der Waals surface area contributed by atoms with E-state index in [9.17, 15) is 4.39 Å². The molecular formula is C13H8BrFN2. The first-order valence-electron chi connectivity index (χ1n) is 5.13. The van der Waals surface area contributed by atoms with E-state index >= 15 is 0 Å². The predicted molar refractivity (Wildman–Crippen MR) is 68.3 cm³/mol. The molecule has 0 fully saturated rings. The Morgan fingerprint density at radius 3 is 2.82 bits per heavy atom. The molecule has 0 radical (unpaired) electrons. The number of pyridine rings is 1. The molecule has 0 saturated carbocycles. The highest BCUT2D eigenvalue weighted by Gasteiger charge is 2.04. The highest BCUT2D eigenvalue weighted by Crippen LogP contribution is 2.23. The number of benzene rings is 1. The van der Waals surface area contributed by atoms with Crippen molar-refractivity contribution in [1.82, 2.24) is 9.61 Å². The Kier molecular flexibility index (Phi) is 2.44. The van der Waals surface area contributed by atoms with Crippen LogP contribution in [-0.4, -0.2) is 9.61 Å². The summed E-state index contributed by atoms with van der Waals surface area (Å²) in [7, 11) is 0. The fourth-order valence-electron chi connectivity index (χ4n) is 1.79. The molecule has 0 bridgehead atoms. The summed E-state index contributed by atoms with van der Waals surface area (Å²) in [6.45, 7) is 0. The van der Waals surface area contributed by atoms with Crippen molar-refractivity contribution in [2.45, 2.75) is 0 Å². The van der Waals surface area contributed by atoms with E-state index in [-0.39, 0.29) is 5.82 Å². The second-order valence-corrected chi connectivity index (χ2v) is 4.60. The zero-order valence-corrected chi connectivity index (χ0v) is 10.4. The Morgan fingerprint density at radius 1 is 1.12 bits per heavy atom. The first-order chi connectivity index (χ1) is 8.24. The zero-order valence-electron chi connectivity index (χ0n) is 8.77. The molecule has 0 atom stereocenters. The summed E-state index contributed by atoms with van der Waals surface area (Å²) in [6.07, 6.45) is 3.62. The fourth-order valence-corrected chi connectivity index (χ4v) is 2.20. The van der Waals surface area contributed by atoms with Crippen molar-refractivity contribution in [3.63, 3.8) is 0 Å². The molecule has 0 amide bonds. The summed E-state index contributed by atoms with van der Waals surface area (Å²) < 4.78 is 15.9. The highest BCUT2D eigenvalue weighted by molar-refractivity contribution is 9.10. The van der Waals surface area contributed by atoms with Crippen molar-refractivity contribution in [1.29, 1.82) is 0 Å². The second-order valence-electron chi connectivity index (χ2n) is 3.75. The molecular weight excluding hydrogens is 283 g/mol. The molecule has 0 spiro atoms. The van der Waals surface area contributed by atoms with Gasteiger partial charge >= 0.3 is 0 Å².